The van der Waals surface area contributed by atoms with Gasteiger partial charge in [-0.15, -0.1) is 12.4 Å². The van der Waals surface area contributed by atoms with Gasteiger partial charge in [0.15, 0.2) is 0 Å². The highest BCUT2D eigenvalue weighted by atomic mass is 35.5. The van der Waals surface area contributed by atoms with Gasteiger partial charge in [0.1, 0.15) is 6.04 Å². The maximum Gasteiger partial charge on any atom is 0.242 e. The van der Waals surface area contributed by atoms with Gasteiger partial charge in [-0.2, -0.15) is 0 Å². The highest BCUT2D eigenvalue weighted by molar-refractivity contribution is 5.87. The van der Waals surface area contributed by atoms with Crippen molar-refractivity contribution in [3.63, 3.8) is 0 Å². The SMILES string of the molecule is CNC(=O)C1CCCCN1C(=O)CC1CCCCC1N.Cl. The number of rotatable bonds is 3. The Kier molecular flexibility index (Phi) is 7.46. The molecule has 3 unspecified atom stereocenters. The van der Waals surface area contributed by atoms with Gasteiger partial charge in [-0.1, -0.05) is 12.8 Å². The van der Waals surface area contributed by atoms with Crippen LogP contribution in [0.15, 0.2) is 0 Å². The summed E-state index contributed by atoms with van der Waals surface area (Å²) in [4.78, 5) is 26.2. The highest BCUT2D eigenvalue weighted by Gasteiger charge is 2.33. The Morgan fingerprint density at radius 2 is 1.81 bits per heavy atom. The third-order valence-corrected chi connectivity index (χ3v) is 4.78. The number of amides is 2. The Labute approximate surface area is 133 Å². The molecule has 0 bridgehead atoms. The van der Waals surface area contributed by atoms with E-state index in [1.54, 1.807) is 11.9 Å². The molecule has 1 saturated heterocycles. The average Bonchev–Trinajstić information content (AvgIpc) is 2.48. The van der Waals surface area contributed by atoms with E-state index in [0.717, 1.165) is 32.1 Å². The molecule has 5 nitrogen and oxygen atoms in total. The summed E-state index contributed by atoms with van der Waals surface area (Å²) in [5, 5.41) is 2.67. The van der Waals surface area contributed by atoms with Crippen molar-refractivity contribution in [2.45, 2.75) is 63.5 Å². The van der Waals surface area contributed by atoms with Crippen LogP contribution in [0.1, 0.15) is 51.4 Å². The van der Waals surface area contributed by atoms with E-state index in [4.69, 9.17) is 5.73 Å². The van der Waals surface area contributed by atoms with Gasteiger partial charge < -0.3 is 16.0 Å². The standard InChI is InChI=1S/C15H27N3O2.ClH/c1-17-15(20)13-8-4-5-9-18(13)14(19)10-11-6-2-3-7-12(11)16;/h11-13H,2-10,16H2,1H3,(H,17,20);1H. The number of nitrogens with one attached hydrogen (secondary N) is 1. The summed E-state index contributed by atoms with van der Waals surface area (Å²) in [5.41, 5.74) is 6.13. The molecule has 2 rings (SSSR count). The minimum Gasteiger partial charge on any atom is -0.357 e. The van der Waals surface area contributed by atoms with Crippen molar-refractivity contribution in [2.24, 2.45) is 11.7 Å². The second kappa shape index (κ2) is 8.59. The van der Waals surface area contributed by atoms with Gasteiger partial charge in [-0.3, -0.25) is 9.59 Å². The number of hydrogen-bond donors (Lipinski definition) is 2. The van der Waals surface area contributed by atoms with E-state index >= 15 is 0 Å². The van der Waals surface area contributed by atoms with E-state index < -0.39 is 0 Å². The Morgan fingerprint density at radius 3 is 2.48 bits per heavy atom. The number of nitrogens with zero attached hydrogens (tertiary/aromatic N) is 1. The Hall–Kier alpha value is -0.810. The first-order chi connectivity index (χ1) is 9.63. The number of carbonyl (C=O) groups excluding carboxylic acids is 2. The Balaban J connectivity index is 0.00000220. The lowest BCUT2D eigenvalue weighted by Gasteiger charge is -2.36. The molecule has 2 aliphatic rings. The molecular weight excluding hydrogens is 290 g/mol. The predicted octanol–water partition coefficient (Wildman–Crippen LogP) is 1.44. The topological polar surface area (TPSA) is 75.4 Å². The molecule has 1 saturated carbocycles. The Bertz CT molecular complexity index is 365. The molecule has 0 spiro atoms. The molecular formula is C15H28ClN3O2. The Morgan fingerprint density at radius 1 is 1.14 bits per heavy atom. The number of likely N-dealkylation sites (tertiary alicyclic amines) is 1. The molecule has 2 amide bonds. The molecule has 2 fully saturated rings. The van der Waals surface area contributed by atoms with Crippen molar-refractivity contribution in [3.05, 3.63) is 0 Å². The van der Waals surface area contributed by atoms with E-state index in [9.17, 15) is 9.59 Å². The fraction of sp³-hybridized carbons (Fsp3) is 0.867. The fourth-order valence-electron chi connectivity index (χ4n) is 3.50. The molecule has 0 aromatic rings. The molecule has 1 aliphatic carbocycles. The maximum atomic E-state index is 12.5. The second-order valence-electron chi connectivity index (χ2n) is 6.13. The molecule has 6 heteroatoms. The van der Waals surface area contributed by atoms with Crippen LogP contribution in [0.5, 0.6) is 0 Å². The second-order valence-corrected chi connectivity index (χ2v) is 6.13. The molecule has 0 radical (unpaired) electrons. The molecule has 3 N–H and O–H groups in total. The molecule has 1 aliphatic heterocycles. The van der Waals surface area contributed by atoms with Crippen LogP contribution in [0.2, 0.25) is 0 Å². The van der Waals surface area contributed by atoms with Crippen LogP contribution >= 0.6 is 12.4 Å². The van der Waals surface area contributed by atoms with Crippen molar-refractivity contribution in [3.8, 4) is 0 Å². The zero-order valence-electron chi connectivity index (χ0n) is 12.8. The minimum absolute atomic E-state index is 0. The molecule has 122 valence electrons. The van der Waals surface area contributed by atoms with Crippen LogP contribution in [0.3, 0.4) is 0 Å². The van der Waals surface area contributed by atoms with Crippen LogP contribution in [-0.4, -0.2) is 42.4 Å². The van der Waals surface area contributed by atoms with E-state index in [1.807, 2.05) is 0 Å². The zero-order chi connectivity index (χ0) is 14.5. The number of hydrogen-bond acceptors (Lipinski definition) is 3. The van der Waals surface area contributed by atoms with Crippen LogP contribution < -0.4 is 11.1 Å². The van der Waals surface area contributed by atoms with Crippen LogP contribution in [0.25, 0.3) is 0 Å². The predicted molar refractivity (Wildman–Crippen MR) is 85.2 cm³/mol. The monoisotopic (exact) mass is 317 g/mol. The lowest BCUT2D eigenvalue weighted by Crippen LogP contribution is -2.52. The van der Waals surface area contributed by atoms with Gasteiger partial charge in [0.05, 0.1) is 0 Å². The van der Waals surface area contributed by atoms with Crippen LogP contribution in [0, 0.1) is 5.92 Å². The van der Waals surface area contributed by atoms with Crippen molar-refractivity contribution >= 4 is 24.2 Å². The third-order valence-electron chi connectivity index (χ3n) is 4.78. The van der Waals surface area contributed by atoms with Crippen LogP contribution in [-0.2, 0) is 9.59 Å². The first-order valence-electron chi connectivity index (χ1n) is 7.90. The number of carbonyl (C=O) groups is 2. The van der Waals surface area contributed by atoms with E-state index in [0.29, 0.717) is 18.9 Å². The molecule has 3 atom stereocenters. The van der Waals surface area contributed by atoms with Gasteiger partial charge in [0.25, 0.3) is 0 Å². The summed E-state index contributed by atoms with van der Waals surface area (Å²) in [7, 11) is 1.64. The van der Waals surface area contributed by atoms with Gasteiger partial charge in [-0.05, 0) is 38.0 Å². The summed E-state index contributed by atoms with van der Waals surface area (Å²) >= 11 is 0. The van der Waals surface area contributed by atoms with Crippen molar-refractivity contribution < 1.29 is 9.59 Å². The van der Waals surface area contributed by atoms with Crippen LogP contribution in [0.4, 0.5) is 0 Å². The number of halogens is 1. The number of likely N-dealkylation sites (N-methyl/N-ethyl adjacent to an activating group) is 1. The quantitative estimate of drug-likeness (QED) is 0.827. The molecule has 1 heterocycles. The van der Waals surface area contributed by atoms with Gasteiger partial charge >= 0.3 is 0 Å². The van der Waals surface area contributed by atoms with Crippen molar-refractivity contribution in [1.29, 1.82) is 0 Å². The smallest absolute Gasteiger partial charge is 0.242 e. The van der Waals surface area contributed by atoms with Crippen molar-refractivity contribution in [1.82, 2.24) is 10.2 Å². The minimum atomic E-state index is -0.277. The van der Waals surface area contributed by atoms with Crippen molar-refractivity contribution in [2.75, 3.05) is 13.6 Å². The highest BCUT2D eigenvalue weighted by Crippen LogP contribution is 2.27. The molecule has 0 aromatic heterocycles. The normalized spacial score (nSPS) is 29.4. The lowest BCUT2D eigenvalue weighted by molar-refractivity contribution is -0.143. The first-order valence-corrected chi connectivity index (χ1v) is 7.90. The summed E-state index contributed by atoms with van der Waals surface area (Å²) in [6.45, 7) is 0.707. The van der Waals surface area contributed by atoms with Gasteiger partial charge in [-0.25, -0.2) is 0 Å². The third kappa shape index (κ3) is 4.58. The zero-order valence-corrected chi connectivity index (χ0v) is 13.7. The van der Waals surface area contributed by atoms with E-state index in [1.165, 1.54) is 12.8 Å². The van der Waals surface area contributed by atoms with Gasteiger partial charge in [0, 0.05) is 26.1 Å². The summed E-state index contributed by atoms with van der Waals surface area (Å²) < 4.78 is 0. The summed E-state index contributed by atoms with van der Waals surface area (Å²) in [5.74, 6) is 0.371. The largest absolute Gasteiger partial charge is 0.357 e. The summed E-state index contributed by atoms with van der Waals surface area (Å²) in [6.07, 6.45) is 7.72. The average molecular weight is 318 g/mol. The summed E-state index contributed by atoms with van der Waals surface area (Å²) in [6, 6.07) is -0.128. The van der Waals surface area contributed by atoms with E-state index in [-0.39, 0.29) is 36.3 Å². The maximum absolute atomic E-state index is 12.5. The first kappa shape index (κ1) is 18.2. The molecule has 0 aromatic carbocycles. The van der Waals surface area contributed by atoms with Gasteiger partial charge in [0.2, 0.25) is 11.8 Å². The molecule has 21 heavy (non-hydrogen) atoms. The fourth-order valence-corrected chi connectivity index (χ4v) is 3.50. The van der Waals surface area contributed by atoms with E-state index in [2.05, 4.69) is 5.32 Å². The number of nitrogens with two attached hydrogens (primary N) is 1. The number of piperidine rings is 1. The lowest BCUT2D eigenvalue weighted by atomic mass is 9.82.